The number of aliphatic hydroxyl groups excluding tert-OH is 1. The normalized spacial score (nSPS) is 11.9. The van der Waals surface area contributed by atoms with Crippen molar-refractivity contribution in [3.63, 3.8) is 0 Å². The van der Waals surface area contributed by atoms with Gasteiger partial charge in [-0.25, -0.2) is 4.79 Å². The average molecular weight is 358 g/mol. The number of carbonyl (C=O) groups excluding carboxylic acids is 1. The van der Waals surface area contributed by atoms with E-state index in [1.165, 1.54) is 11.3 Å². The number of hydrogen-bond acceptors (Lipinski definition) is 4. The summed E-state index contributed by atoms with van der Waals surface area (Å²) in [5.41, 5.74) is 1.96. The van der Waals surface area contributed by atoms with Gasteiger partial charge in [0.1, 0.15) is 6.10 Å². The third-order valence-electron chi connectivity index (χ3n) is 3.53. The summed E-state index contributed by atoms with van der Waals surface area (Å²) in [7, 11) is 0. The lowest BCUT2D eigenvalue weighted by Crippen LogP contribution is -2.34. The topological polar surface area (TPSA) is 61.4 Å². The van der Waals surface area contributed by atoms with Gasteiger partial charge >= 0.3 is 6.03 Å². The molecule has 0 radical (unpaired) electrons. The first-order chi connectivity index (χ1) is 11.7. The lowest BCUT2D eigenvalue weighted by molar-refractivity contribution is 0.224. The van der Waals surface area contributed by atoms with Crippen LogP contribution in [0.1, 0.15) is 27.0 Å². The molecule has 4 nitrogen and oxygen atoms in total. The van der Waals surface area contributed by atoms with Gasteiger partial charge in [0.05, 0.1) is 6.54 Å². The summed E-state index contributed by atoms with van der Waals surface area (Å²) >= 11 is 3.07. The summed E-state index contributed by atoms with van der Waals surface area (Å²) in [5, 5.41) is 19.9. The minimum Gasteiger partial charge on any atom is -0.383 e. The molecule has 2 heterocycles. The highest BCUT2D eigenvalue weighted by atomic mass is 32.1. The smallest absolute Gasteiger partial charge is 0.315 e. The van der Waals surface area contributed by atoms with Gasteiger partial charge in [-0.1, -0.05) is 30.3 Å². The molecule has 0 aliphatic rings. The molecule has 24 heavy (non-hydrogen) atoms. The maximum atomic E-state index is 11.9. The summed E-state index contributed by atoms with van der Waals surface area (Å²) in [5.74, 6) is 0. The van der Waals surface area contributed by atoms with Crippen LogP contribution >= 0.6 is 22.7 Å². The van der Waals surface area contributed by atoms with Crippen LogP contribution in [-0.2, 0) is 13.1 Å². The van der Waals surface area contributed by atoms with Crippen molar-refractivity contribution in [2.45, 2.75) is 19.2 Å². The fourth-order valence-corrected chi connectivity index (χ4v) is 3.89. The van der Waals surface area contributed by atoms with Crippen molar-refractivity contribution < 1.29 is 9.90 Å². The minimum atomic E-state index is -0.595. The Morgan fingerprint density at radius 1 is 1.04 bits per heavy atom. The van der Waals surface area contributed by atoms with Gasteiger partial charge in [0, 0.05) is 16.3 Å². The molecule has 2 aromatic heterocycles. The average Bonchev–Trinajstić information content (AvgIpc) is 3.30. The SMILES string of the molecule is O=C(NCc1ccccc1)NCc1ccc(C(O)c2ccsc2)s1. The van der Waals surface area contributed by atoms with Gasteiger partial charge in [-0.05, 0) is 40.1 Å². The predicted octanol–water partition coefficient (Wildman–Crippen LogP) is 3.89. The largest absolute Gasteiger partial charge is 0.383 e. The molecule has 124 valence electrons. The van der Waals surface area contributed by atoms with Crippen LogP contribution in [0.15, 0.2) is 59.3 Å². The minimum absolute atomic E-state index is 0.202. The van der Waals surface area contributed by atoms with E-state index in [1.807, 2.05) is 59.3 Å². The van der Waals surface area contributed by atoms with Crippen molar-refractivity contribution in [3.8, 4) is 0 Å². The summed E-state index contributed by atoms with van der Waals surface area (Å²) in [6.45, 7) is 0.945. The number of thiophene rings is 2. The third-order valence-corrected chi connectivity index (χ3v) is 5.37. The summed E-state index contributed by atoms with van der Waals surface area (Å²) in [6, 6.07) is 15.3. The van der Waals surface area contributed by atoms with Crippen molar-refractivity contribution in [1.29, 1.82) is 0 Å². The van der Waals surface area contributed by atoms with E-state index in [0.29, 0.717) is 13.1 Å². The Labute approximate surface area is 148 Å². The first-order valence-electron chi connectivity index (χ1n) is 7.57. The third kappa shape index (κ3) is 4.44. The van der Waals surface area contributed by atoms with Gasteiger partial charge in [0.25, 0.3) is 0 Å². The second-order valence-corrected chi connectivity index (χ2v) is 7.27. The molecular weight excluding hydrogens is 340 g/mol. The number of rotatable bonds is 6. The second-order valence-electron chi connectivity index (χ2n) is 5.29. The van der Waals surface area contributed by atoms with E-state index in [2.05, 4.69) is 10.6 Å². The zero-order valence-electron chi connectivity index (χ0n) is 12.9. The van der Waals surface area contributed by atoms with Crippen LogP contribution in [0.25, 0.3) is 0 Å². The van der Waals surface area contributed by atoms with E-state index >= 15 is 0 Å². The van der Waals surface area contributed by atoms with Gasteiger partial charge in [0.2, 0.25) is 0 Å². The van der Waals surface area contributed by atoms with Gasteiger partial charge in [-0.3, -0.25) is 0 Å². The van der Waals surface area contributed by atoms with Crippen molar-refractivity contribution in [2.24, 2.45) is 0 Å². The predicted molar refractivity (Wildman–Crippen MR) is 98.2 cm³/mol. The van der Waals surface area contributed by atoms with Crippen LogP contribution in [0.2, 0.25) is 0 Å². The molecule has 0 saturated carbocycles. The van der Waals surface area contributed by atoms with E-state index in [-0.39, 0.29) is 6.03 Å². The molecule has 1 atom stereocenters. The summed E-state index contributed by atoms with van der Waals surface area (Å²) in [4.78, 5) is 13.7. The van der Waals surface area contributed by atoms with E-state index in [9.17, 15) is 9.90 Å². The maximum Gasteiger partial charge on any atom is 0.315 e. The first kappa shape index (κ1) is 16.7. The summed E-state index contributed by atoms with van der Waals surface area (Å²) in [6.07, 6.45) is -0.595. The molecule has 3 rings (SSSR count). The number of benzene rings is 1. The van der Waals surface area contributed by atoms with Crippen LogP contribution in [0, 0.1) is 0 Å². The number of hydrogen-bond donors (Lipinski definition) is 3. The Morgan fingerprint density at radius 2 is 1.83 bits per heavy atom. The Balaban J connectivity index is 1.47. The Hall–Kier alpha value is -2.15. The molecule has 0 saturated heterocycles. The summed E-state index contributed by atoms with van der Waals surface area (Å²) < 4.78 is 0. The van der Waals surface area contributed by atoms with Crippen molar-refractivity contribution in [1.82, 2.24) is 10.6 Å². The fourth-order valence-electron chi connectivity index (χ4n) is 2.24. The Bertz CT molecular complexity index is 769. The standard InChI is InChI=1S/C18H18N2O2S2/c21-17(14-8-9-23-12-14)16-7-6-15(24-16)11-20-18(22)19-10-13-4-2-1-3-5-13/h1-9,12,17,21H,10-11H2,(H2,19,20,22). The van der Waals surface area contributed by atoms with Crippen LogP contribution < -0.4 is 10.6 Å². The molecular formula is C18H18N2O2S2. The van der Waals surface area contributed by atoms with Crippen LogP contribution in [0.5, 0.6) is 0 Å². The van der Waals surface area contributed by atoms with E-state index < -0.39 is 6.10 Å². The lowest BCUT2D eigenvalue weighted by atomic mass is 10.2. The molecule has 1 unspecified atom stereocenters. The highest BCUT2D eigenvalue weighted by molar-refractivity contribution is 7.12. The number of nitrogens with one attached hydrogen (secondary N) is 2. The van der Waals surface area contributed by atoms with E-state index in [4.69, 9.17) is 0 Å². The van der Waals surface area contributed by atoms with Crippen LogP contribution in [-0.4, -0.2) is 11.1 Å². The molecule has 6 heteroatoms. The zero-order chi connectivity index (χ0) is 16.8. The molecule has 2 amide bonds. The van der Waals surface area contributed by atoms with Crippen LogP contribution in [0.3, 0.4) is 0 Å². The molecule has 0 spiro atoms. The molecule has 0 fully saturated rings. The lowest BCUT2D eigenvalue weighted by Gasteiger charge is -2.07. The number of amides is 2. The quantitative estimate of drug-likeness (QED) is 0.626. The van der Waals surface area contributed by atoms with Gasteiger partial charge in [-0.2, -0.15) is 11.3 Å². The Morgan fingerprint density at radius 3 is 2.58 bits per heavy atom. The maximum absolute atomic E-state index is 11.9. The fraction of sp³-hybridized carbons (Fsp3) is 0.167. The zero-order valence-corrected chi connectivity index (χ0v) is 14.6. The molecule has 0 bridgehead atoms. The monoisotopic (exact) mass is 358 g/mol. The Kier molecular flexibility index (Phi) is 5.63. The van der Waals surface area contributed by atoms with Gasteiger partial charge in [-0.15, -0.1) is 11.3 Å². The van der Waals surface area contributed by atoms with Crippen LogP contribution in [0.4, 0.5) is 4.79 Å². The highest BCUT2D eigenvalue weighted by Crippen LogP contribution is 2.29. The van der Waals surface area contributed by atoms with E-state index in [0.717, 1.165) is 20.9 Å². The molecule has 0 aliphatic carbocycles. The number of aliphatic hydroxyl groups is 1. The molecule has 3 N–H and O–H groups in total. The van der Waals surface area contributed by atoms with Gasteiger partial charge in [0.15, 0.2) is 0 Å². The first-order valence-corrected chi connectivity index (χ1v) is 9.32. The highest BCUT2D eigenvalue weighted by Gasteiger charge is 2.13. The molecule has 1 aromatic carbocycles. The van der Waals surface area contributed by atoms with Crippen molar-refractivity contribution in [3.05, 3.63) is 80.2 Å². The molecule has 3 aromatic rings. The van der Waals surface area contributed by atoms with Crippen molar-refractivity contribution in [2.75, 3.05) is 0 Å². The number of carbonyl (C=O) groups is 1. The van der Waals surface area contributed by atoms with E-state index in [1.54, 1.807) is 11.3 Å². The van der Waals surface area contributed by atoms with Crippen molar-refractivity contribution >= 4 is 28.7 Å². The van der Waals surface area contributed by atoms with Gasteiger partial charge < -0.3 is 15.7 Å². The second kappa shape index (κ2) is 8.10. The molecule has 0 aliphatic heterocycles. The number of urea groups is 1.